The van der Waals surface area contributed by atoms with Crippen LogP contribution in [0.5, 0.6) is 5.75 Å². The van der Waals surface area contributed by atoms with Gasteiger partial charge in [0.25, 0.3) is 0 Å². The Morgan fingerprint density at radius 3 is 2.81 bits per heavy atom. The molecule has 116 valence electrons. The molecular weight excluding hydrogens is 258 g/mol. The van der Waals surface area contributed by atoms with Gasteiger partial charge in [0.15, 0.2) is 0 Å². The lowest BCUT2D eigenvalue weighted by Crippen LogP contribution is -2.39. The van der Waals surface area contributed by atoms with Gasteiger partial charge >= 0.3 is 0 Å². The Balaban J connectivity index is 1.75. The average molecular weight is 287 g/mol. The van der Waals surface area contributed by atoms with Gasteiger partial charge in [-0.15, -0.1) is 0 Å². The van der Waals surface area contributed by atoms with Gasteiger partial charge in [-0.1, -0.05) is 50.8 Å². The molecule has 0 saturated heterocycles. The molecule has 0 radical (unpaired) electrons. The van der Waals surface area contributed by atoms with Gasteiger partial charge in [-0.05, 0) is 43.4 Å². The van der Waals surface area contributed by atoms with Crippen molar-refractivity contribution in [3.8, 4) is 5.75 Å². The topological polar surface area (TPSA) is 21.3 Å². The molecule has 2 atom stereocenters. The predicted molar refractivity (Wildman–Crippen MR) is 88.0 cm³/mol. The van der Waals surface area contributed by atoms with Crippen LogP contribution in [-0.4, -0.2) is 19.2 Å². The second-order valence-electron chi connectivity index (χ2n) is 6.73. The third kappa shape index (κ3) is 3.60. The van der Waals surface area contributed by atoms with Crippen LogP contribution in [-0.2, 0) is 0 Å². The molecule has 1 aromatic carbocycles. The summed E-state index contributed by atoms with van der Waals surface area (Å²) < 4.78 is 5.85. The van der Waals surface area contributed by atoms with Gasteiger partial charge in [-0.25, -0.2) is 0 Å². The SMILES string of the molecule is CCCNC(CC1CCCC1)C1CCOc2ccccc21. The maximum Gasteiger partial charge on any atom is 0.122 e. The van der Waals surface area contributed by atoms with Crippen molar-refractivity contribution in [1.29, 1.82) is 0 Å². The molecule has 3 rings (SSSR count). The molecule has 2 heteroatoms. The first-order valence-corrected chi connectivity index (χ1v) is 8.83. The summed E-state index contributed by atoms with van der Waals surface area (Å²) in [6.45, 7) is 4.27. The van der Waals surface area contributed by atoms with Crippen LogP contribution in [0.15, 0.2) is 24.3 Å². The van der Waals surface area contributed by atoms with Crippen molar-refractivity contribution in [3.05, 3.63) is 29.8 Å². The fraction of sp³-hybridized carbons (Fsp3) is 0.684. The normalized spacial score (nSPS) is 23.6. The lowest BCUT2D eigenvalue weighted by Gasteiger charge is -2.34. The van der Waals surface area contributed by atoms with E-state index in [0.717, 1.165) is 31.2 Å². The molecule has 0 spiro atoms. The molecule has 2 unspecified atom stereocenters. The van der Waals surface area contributed by atoms with Crippen LogP contribution in [0.1, 0.15) is 63.4 Å². The monoisotopic (exact) mass is 287 g/mol. The molecule has 0 bridgehead atoms. The van der Waals surface area contributed by atoms with Crippen LogP contribution in [0.4, 0.5) is 0 Å². The molecule has 21 heavy (non-hydrogen) atoms. The summed E-state index contributed by atoms with van der Waals surface area (Å²) in [5.41, 5.74) is 1.43. The highest BCUT2D eigenvalue weighted by molar-refractivity contribution is 5.38. The highest BCUT2D eigenvalue weighted by atomic mass is 16.5. The number of nitrogens with one attached hydrogen (secondary N) is 1. The Bertz CT molecular complexity index is 439. The maximum atomic E-state index is 5.85. The van der Waals surface area contributed by atoms with Gasteiger partial charge in [0.2, 0.25) is 0 Å². The Kier molecular flexibility index (Phi) is 5.18. The third-order valence-corrected chi connectivity index (χ3v) is 5.21. The number of rotatable bonds is 6. The molecule has 2 aliphatic rings. The van der Waals surface area contributed by atoms with Crippen molar-refractivity contribution in [1.82, 2.24) is 5.32 Å². The van der Waals surface area contributed by atoms with E-state index in [1.54, 1.807) is 0 Å². The molecule has 2 nitrogen and oxygen atoms in total. The van der Waals surface area contributed by atoms with Crippen LogP contribution in [0.3, 0.4) is 0 Å². The molecule has 1 aliphatic heterocycles. The first-order valence-electron chi connectivity index (χ1n) is 8.83. The van der Waals surface area contributed by atoms with E-state index in [9.17, 15) is 0 Å². The summed E-state index contributed by atoms with van der Waals surface area (Å²) >= 11 is 0. The zero-order chi connectivity index (χ0) is 14.5. The summed E-state index contributed by atoms with van der Waals surface area (Å²) in [6.07, 6.45) is 9.48. The fourth-order valence-electron chi connectivity index (χ4n) is 4.11. The minimum atomic E-state index is 0.623. The summed E-state index contributed by atoms with van der Waals surface area (Å²) in [4.78, 5) is 0. The van der Waals surface area contributed by atoms with E-state index in [2.05, 4.69) is 36.5 Å². The standard InChI is InChI=1S/C19H29NO/c1-2-12-20-18(14-15-7-3-4-8-15)16-11-13-21-19-10-6-5-9-17(16)19/h5-6,9-10,15-16,18,20H,2-4,7-8,11-14H2,1H3. The molecule has 1 aromatic rings. The van der Waals surface area contributed by atoms with E-state index in [-0.39, 0.29) is 0 Å². The Morgan fingerprint density at radius 2 is 2.00 bits per heavy atom. The minimum absolute atomic E-state index is 0.623. The fourth-order valence-corrected chi connectivity index (χ4v) is 4.11. The van der Waals surface area contributed by atoms with Crippen molar-refractivity contribution >= 4 is 0 Å². The van der Waals surface area contributed by atoms with Gasteiger partial charge < -0.3 is 10.1 Å². The zero-order valence-corrected chi connectivity index (χ0v) is 13.3. The lowest BCUT2D eigenvalue weighted by molar-refractivity contribution is 0.231. The quantitative estimate of drug-likeness (QED) is 0.831. The number of hydrogen-bond donors (Lipinski definition) is 1. The van der Waals surface area contributed by atoms with E-state index in [1.807, 2.05) is 0 Å². The van der Waals surface area contributed by atoms with Crippen LogP contribution in [0, 0.1) is 5.92 Å². The highest BCUT2D eigenvalue weighted by Crippen LogP contribution is 2.39. The second kappa shape index (κ2) is 7.31. The Labute approximate surface area is 129 Å². The first-order chi connectivity index (χ1) is 10.4. The van der Waals surface area contributed by atoms with Crippen LogP contribution >= 0.6 is 0 Å². The Hall–Kier alpha value is -1.02. The molecule has 1 fully saturated rings. The number of para-hydroxylation sites is 1. The largest absolute Gasteiger partial charge is 0.493 e. The minimum Gasteiger partial charge on any atom is -0.493 e. The average Bonchev–Trinajstić information content (AvgIpc) is 3.04. The third-order valence-electron chi connectivity index (χ3n) is 5.21. The van der Waals surface area contributed by atoms with E-state index < -0.39 is 0 Å². The van der Waals surface area contributed by atoms with Gasteiger partial charge in [0.05, 0.1) is 6.61 Å². The Morgan fingerprint density at radius 1 is 1.19 bits per heavy atom. The smallest absolute Gasteiger partial charge is 0.122 e. The van der Waals surface area contributed by atoms with Crippen LogP contribution in [0.25, 0.3) is 0 Å². The van der Waals surface area contributed by atoms with Crippen molar-refractivity contribution in [2.45, 2.75) is 63.8 Å². The van der Waals surface area contributed by atoms with E-state index in [4.69, 9.17) is 4.74 Å². The number of benzene rings is 1. The summed E-state index contributed by atoms with van der Waals surface area (Å²) in [5, 5.41) is 3.85. The molecule has 1 aliphatic carbocycles. The predicted octanol–water partition coefficient (Wildman–Crippen LogP) is 4.50. The molecule has 0 aromatic heterocycles. The molecular formula is C19H29NO. The highest BCUT2D eigenvalue weighted by Gasteiger charge is 2.30. The van der Waals surface area contributed by atoms with Crippen molar-refractivity contribution in [3.63, 3.8) is 0 Å². The number of hydrogen-bond acceptors (Lipinski definition) is 2. The maximum absolute atomic E-state index is 5.85. The second-order valence-corrected chi connectivity index (χ2v) is 6.73. The molecule has 1 N–H and O–H groups in total. The lowest BCUT2D eigenvalue weighted by atomic mass is 9.82. The number of ether oxygens (including phenoxy) is 1. The van der Waals surface area contributed by atoms with Gasteiger partial charge in [-0.2, -0.15) is 0 Å². The zero-order valence-electron chi connectivity index (χ0n) is 13.3. The van der Waals surface area contributed by atoms with Gasteiger partial charge in [0, 0.05) is 12.0 Å². The summed E-state index contributed by atoms with van der Waals surface area (Å²) in [7, 11) is 0. The summed E-state index contributed by atoms with van der Waals surface area (Å²) in [5.74, 6) is 2.68. The summed E-state index contributed by atoms with van der Waals surface area (Å²) in [6, 6.07) is 9.28. The van der Waals surface area contributed by atoms with E-state index in [1.165, 1.54) is 44.1 Å². The van der Waals surface area contributed by atoms with Crippen molar-refractivity contribution < 1.29 is 4.74 Å². The van der Waals surface area contributed by atoms with Crippen LogP contribution < -0.4 is 10.1 Å². The van der Waals surface area contributed by atoms with Crippen molar-refractivity contribution in [2.75, 3.05) is 13.2 Å². The van der Waals surface area contributed by atoms with E-state index >= 15 is 0 Å². The van der Waals surface area contributed by atoms with Gasteiger partial charge in [0.1, 0.15) is 5.75 Å². The van der Waals surface area contributed by atoms with Gasteiger partial charge in [-0.3, -0.25) is 0 Å². The molecule has 0 amide bonds. The molecule has 1 heterocycles. The van der Waals surface area contributed by atoms with Crippen molar-refractivity contribution in [2.24, 2.45) is 5.92 Å². The van der Waals surface area contributed by atoms with E-state index in [0.29, 0.717) is 12.0 Å². The van der Waals surface area contributed by atoms with Crippen LogP contribution in [0.2, 0.25) is 0 Å². The molecule has 1 saturated carbocycles. The first kappa shape index (κ1) is 14.9. The number of fused-ring (bicyclic) bond motifs is 1.